The fraction of sp³-hybridized carbons (Fsp3) is 0.750. The van der Waals surface area contributed by atoms with Crippen LogP contribution in [0.2, 0.25) is 0 Å². The van der Waals surface area contributed by atoms with Gasteiger partial charge in [0.1, 0.15) is 0 Å². The van der Waals surface area contributed by atoms with Crippen molar-refractivity contribution in [1.29, 1.82) is 0 Å². The van der Waals surface area contributed by atoms with E-state index in [2.05, 4.69) is 4.74 Å². The number of hydrogen-bond donors (Lipinski definition) is 0. The Labute approximate surface area is 69.2 Å². The summed E-state index contributed by atoms with van der Waals surface area (Å²) in [7, 11) is 0. The van der Waals surface area contributed by atoms with Crippen LogP contribution in [0.5, 0.6) is 0 Å². The fourth-order valence-electron chi connectivity index (χ4n) is 1.31. The molecule has 0 bridgehead atoms. The van der Waals surface area contributed by atoms with Crippen molar-refractivity contribution < 1.29 is 17.9 Å². The third-order valence-electron chi connectivity index (χ3n) is 2.23. The predicted molar refractivity (Wildman–Crippen MR) is 38.5 cm³/mol. The van der Waals surface area contributed by atoms with E-state index in [9.17, 15) is 13.2 Å². The Morgan fingerprint density at radius 1 is 1.50 bits per heavy atom. The lowest BCUT2D eigenvalue weighted by Crippen LogP contribution is -2.26. The Morgan fingerprint density at radius 2 is 2.08 bits per heavy atom. The van der Waals surface area contributed by atoms with Crippen molar-refractivity contribution in [3.8, 4) is 0 Å². The molecule has 0 aromatic rings. The van der Waals surface area contributed by atoms with Gasteiger partial charge in [-0.3, -0.25) is 4.74 Å². The predicted octanol–water partition coefficient (Wildman–Crippen LogP) is 2.88. The third kappa shape index (κ3) is 2.24. The zero-order valence-electron chi connectivity index (χ0n) is 6.98. The maximum absolute atomic E-state index is 11.8. The molecule has 0 amide bonds. The summed E-state index contributed by atoms with van der Waals surface area (Å²) in [5.74, 6) is -0.119. The van der Waals surface area contributed by atoms with E-state index in [1.165, 1.54) is 0 Å². The molecule has 1 nitrogen and oxygen atoms in total. The van der Waals surface area contributed by atoms with Gasteiger partial charge in [0.25, 0.3) is 0 Å². The minimum absolute atomic E-state index is 0.119. The van der Waals surface area contributed by atoms with Crippen molar-refractivity contribution in [2.75, 3.05) is 0 Å². The van der Waals surface area contributed by atoms with E-state index in [-0.39, 0.29) is 5.92 Å². The van der Waals surface area contributed by atoms with Gasteiger partial charge in [-0.25, -0.2) is 0 Å². The molecule has 0 aromatic carbocycles. The number of hydrogen-bond acceptors (Lipinski definition) is 1. The molecule has 2 atom stereocenters. The quantitative estimate of drug-likeness (QED) is 0.564. The van der Waals surface area contributed by atoms with Gasteiger partial charge in [-0.05, 0) is 13.3 Å². The van der Waals surface area contributed by atoms with Gasteiger partial charge in [-0.15, -0.1) is 13.2 Å². The van der Waals surface area contributed by atoms with Gasteiger partial charge < -0.3 is 0 Å². The van der Waals surface area contributed by atoms with Crippen LogP contribution in [-0.2, 0) is 4.74 Å². The first-order valence-electron chi connectivity index (χ1n) is 3.81. The second kappa shape index (κ2) is 3.09. The topological polar surface area (TPSA) is 9.23 Å². The van der Waals surface area contributed by atoms with Crippen molar-refractivity contribution in [2.45, 2.75) is 32.7 Å². The summed E-state index contributed by atoms with van der Waals surface area (Å²) in [4.78, 5) is 0. The Balaban J connectivity index is 2.48. The lowest BCUT2D eigenvalue weighted by atomic mass is 10.0. The zero-order valence-corrected chi connectivity index (χ0v) is 6.98. The molecule has 0 fully saturated rings. The van der Waals surface area contributed by atoms with E-state index in [1.54, 1.807) is 13.0 Å². The first-order valence-corrected chi connectivity index (χ1v) is 3.81. The second-order valence-corrected chi connectivity index (χ2v) is 3.07. The molecule has 0 saturated heterocycles. The lowest BCUT2D eigenvalue weighted by molar-refractivity contribution is -0.345. The molecule has 0 aliphatic heterocycles. The van der Waals surface area contributed by atoms with Gasteiger partial charge in [0, 0.05) is 5.92 Å². The molecule has 0 spiro atoms. The normalized spacial score (nSPS) is 30.6. The SMILES string of the molecule is CC1=CC[C@@H](OC(F)(F)F)[C@H]1C. The third-order valence-corrected chi connectivity index (χ3v) is 2.23. The Bertz CT molecular complexity index is 195. The Hall–Kier alpha value is -0.510. The summed E-state index contributed by atoms with van der Waals surface area (Å²) < 4.78 is 39.2. The van der Waals surface area contributed by atoms with Crippen LogP contribution in [0.3, 0.4) is 0 Å². The number of ether oxygens (including phenoxy) is 1. The molecule has 0 saturated carbocycles. The smallest absolute Gasteiger partial charge is 0.288 e. The molecule has 0 aromatic heterocycles. The second-order valence-electron chi connectivity index (χ2n) is 3.07. The number of halogens is 3. The molecule has 1 aliphatic rings. The molecule has 70 valence electrons. The summed E-state index contributed by atoms with van der Waals surface area (Å²) >= 11 is 0. The van der Waals surface area contributed by atoms with E-state index >= 15 is 0 Å². The number of alkyl halides is 3. The average molecular weight is 180 g/mol. The van der Waals surface area contributed by atoms with E-state index in [0.29, 0.717) is 6.42 Å². The van der Waals surface area contributed by atoms with Gasteiger partial charge in [0.05, 0.1) is 6.10 Å². The molecular weight excluding hydrogens is 169 g/mol. The standard InChI is InChI=1S/C8H11F3O/c1-5-3-4-7(6(5)2)12-8(9,10)11/h3,6-7H,4H2,1-2H3/t6-,7+/m0/s1. The minimum atomic E-state index is -4.50. The molecule has 12 heavy (non-hydrogen) atoms. The highest BCUT2D eigenvalue weighted by atomic mass is 19.4. The Morgan fingerprint density at radius 3 is 2.42 bits per heavy atom. The summed E-state index contributed by atoms with van der Waals surface area (Å²) in [6.45, 7) is 3.57. The maximum atomic E-state index is 11.8. The van der Waals surface area contributed by atoms with Crippen molar-refractivity contribution >= 4 is 0 Å². The van der Waals surface area contributed by atoms with Gasteiger partial charge in [-0.2, -0.15) is 0 Å². The van der Waals surface area contributed by atoms with Crippen LogP contribution in [0.25, 0.3) is 0 Å². The van der Waals surface area contributed by atoms with Crippen LogP contribution < -0.4 is 0 Å². The van der Waals surface area contributed by atoms with E-state index in [4.69, 9.17) is 0 Å². The molecule has 0 N–H and O–H groups in total. The molecule has 1 aliphatic carbocycles. The molecule has 0 unspecified atom stereocenters. The molecule has 1 rings (SSSR count). The minimum Gasteiger partial charge on any atom is -0.288 e. The monoisotopic (exact) mass is 180 g/mol. The molecule has 0 radical (unpaired) electrons. The highest BCUT2D eigenvalue weighted by Gasteiger charge is 2.37. The van der Waals surface area contributed by atoms with Crippen LogP contribution >= 0.6 is 0 Å². The first kappa shape index (κ1) is 9.58. The first-order chi connectivity index (χ1) is 5.40. The van der Waals surface area contributed by atoms with Gasteiger partial charge >= 0.3 is 6.36 Å². The van der Waals surface area contributed by atoms with Crippen molar-refractivity contribution in [2.24, 2.45) is 5.92 Å². The fourth-order valence-corrected chi connectivity index (χ4v) is 1.31. The van der Waals surface area contributed by atoms with Gasteiger partial charge in [-0.1, -0.05) is 18.6 Å². The highest BCUT2D eigenvalue weighted by Crippen LogP contribution is 2.32. The van der Waals surface area contributed by atoms with Crippen LogP contribution in [0, 0.1) is 5.92 Å². The van der Waals surface area contributed by atoms with Crippen LogP contribution in [0.1, 0.15) is 20.3 Å². The number of rotatable bonds is 1. The molecular formula is C8H11F3O. The van der Waals surface area contributed by atoms with Crippen molar-refractivity contribution in [3.05, 3.63) is 11.6 Å². The largest absolute Gasteiger partial charge is 0.522 e. The van der Waals surface area contributed by atoms with Crippen molar-refractivity contribution in [3.63, 3.8) is 0 Å². The lowest BCUT2D eigenvalue weighted by Gasteiger charge is -2.19. The highest BCUT2D eigenvalue weighted by molar-refractivity contribution is 5.12. The van der Waals surface area contributed by atoms with Gasteiger partial charge in [0.15, 0.2) is 0 Å². The van der Waals surface area contributed by atoms with Crippen LogP contribution in [-0.4, -0.2) is 12.5 Å². The Kier molecular flexibility index (Phi) is 2.46. The van der Waals surface area contributed by atoms with E-state index in [0.717, 1.165) is 5.57 Å². The summed E-state index contributed by atoms with van der Waals surface area (Å²) in [6.07, 6.45) is -3.06. The zero-order chi connectivity index (χ0) is 9.35. The maximum Gasteiger partial charge on any atom is 0.522 e. The summed E-state index contributed by atoms with van der Waals surface area (Å²) in [5.41, 5.74) is 0.976. The van der Waals surface area contributed by atoms with Crippen molar-refractivity contribution in [1.82, 2.24) is 0 Å². The summed E-state index contributed by atoms with van der Waals surface area (Å²) in [5, 5.41) is 0. The van der Waals surface area contributed by atoms with Crippen LogP contribution in [0.15, 0.2) is 11.6 Å². The molecule has 0 heterocycles. The van der Waals surface area contributed by atoms with Gasteiger partial charge in [0.2, 0.25) is 0 Å². The molecule has 4 heteroatoms. The van der Waals surface area contributed by atoms with E-state index < -0.39 is 12.5 Å². The van der Waals surface area contributed by atoms with Crippen LogP contribution in [0.4, 0.5) is 13.2 Å². The van der Waals surface area contributed by atoms with E-state index in [1.807, 2.05) is 6.92 Å². The summed E-state index contributed by atoms with van der Waals surface area (Å²) in [6, 6.07) is 0. The average Bonchev–Trinajstić information content (AvgIpc) is 2.16.